The van der Waals surface area contributed by atoms with Gasteiger partial charge in [-0.25, -0.2) is 0 Å². The van der Waals surface area contributed by atoms with Gasteiger partial charge < -0.3 is 30.3 Å². The molecule has 0 saturated carbocycles. The van der Waals surface area contributed by atoms with Gasteiger partial charge in [-0.15, -0.1) is 0 Å². The van der Waals surface area contributed by atoms with Crippen molar-refractivity contribution in [3.05, 3.63) is 120 Å². The van der Waals surface area contributed by atoms with Gasteiger partial charge in [-0.1, -0.05) is 24.3 Å². The fourth-order valence-electron chi connectivity index (χ4n) is 5.18. The fraction of sp³-hybridized carbons (Fsp3) is 0.176. The van der Waals surface area contributed by atoms with Crippen LogP contribution in [-0.4, -0.2) is 54.4 Å². The first-order valence-corrected chi connectivity index (χ1v) is 18.6. The van der Waals surface area contributed by atoms with Crippen LogP contribution in [0.3, 0.4) is 0 Å². The average molecular weight is 719 g/mol. The molecule has 0 atom stereocenters. The number of aromatic nitrogens is 4. The van der Waals surface area contributed by atoms with E-state index in [4.69, 9.17) is 30.3 Å². The number of benzene rings is 4. The number of carbonyl (C=O) groups excluding carboxylic acids is 2. The molecule has 6 aromatic rings. The summed E-state index contributed by atoms with van der Waals surface area (Å²) in [4.78, 5) is 40.7. The number of carbonyl (C=O) groups is 2. The average Bonchev–Trinajstić information content (AvgIpc) is 3.68. The van der Waals surface area contributed by atoms with Crippen LogP contribution in [0.2, 0.25) is 0 Å². The number of nitrogens with two attached hydrogens (primary N) is 2. The summed E-state index contributed by atoms with van der Waals surface area (Å²) in [6, 6.07) is 23.7. The highest BCUT2D eigenvalue weighted by molar-refractivity contribution is 7.62. The van der Waals surface area contributed by atoms with Crippen molar-refractivity contribution in [2.24, 2.45) is 11.5 Å². The summed E-state index contributed by atoms with van der Waals surface area (Å²) >= 11 is 0. The molecular weight excluding hydrogens is 682 g/mol. The molecule has 2 amide bonds. The van der Waals surface area contributed by atoms with Crippen LogP contribution in [0.25, 0.3) is 21.8 Å². The van der Waals surface area contributed by atoms with Crippen LogP contribution in [0.1, 0.15) is 45.7 Å². The van der Waals surface area contributed by atoms with E-state index >= 15 is 0 Å². The molecule has 6 N–H and O–H groups in total. The fourth-order valence-corrected chi connectivity index (χ4v) is 7.29. The molecule has 16 heteroatoms. The lowest BCUT2D eigenvalue weighted by molar-refractivity contribution is 0.0992. The van der Waals surface area contributed by atoms with E-state index in [2.05, 4.69) is 10.2 Å². The maximum absolute atomic E-state index is 12.8. The smallest absolute Gasteiger partial charge is 0.361 e. The number of nitrogens with zero attached hydrogens (tertiary/aromatic N) is 4. The second kappa shape index (κ2) is 15.3. The van der Waals surface area contributed by atoms with Crippen LogP contribution in [0, 0.1) is 0 Å². The highest BCUT2D eigenvalue weighted by atomic mass is 31.2. The summed E-state index contributed by atoms with van der Waals surface area (Å²) in [6.07, 6.45) is 3.35. The largest absolute Gasteiger partial charge is 0.366 e. The topological polar surface area (TPSA) is 215 Å². The number of fused-ring (bicyclic) bond motifs is 2. The minimum Gasteiger partial charge on any atom is -0.366 e. The van der Waals surface area contributed by atoms with E-state index in [-0.39, 0.29) is 5.30 Å². The van der Waals surface area contributed by atoms with Crippen molar-refractivity contribution in [3.63, 3.8) is 0 Å². The molecular formula is C34H36N6O8P2. The second-order valence-corrected chi connectivity index (χ2v) is 14.7. The molecule has 2 aromatic heterocycles. The molecule has 0 unspecified atom stereocenters. The number of rotatable bonds is 12. The first kappa shape index (κ1) is 36.3. The molecule has 260 valence electrons. The second-order valence-electron chi connectivity index (χ2n) is 11.1. The van der Waals surface area contributed by atoms with E-state index in [9.17, 15) is 18.7 Å². The Labute approximate surface area is 287 Å². The Morgan fingerprint density at radius 3 is 1.42 bits per heavy atom. The highest BCUT2D eigenvalue weighted by Crippen LogP contribution is 2.46. The van der Waals surface area contributed by atoms with Gasteiger partial charge in [0.25, 0.3) is 0 Å². The molecule has 14 nitrogen and oxygen atoms in total. The number of primary amides is 2. The van der Waals surface area contributed by atoms with Gasteiger partial charge in [0.05, 0.1) is 60.3 Å². The van der Waals surface area contributed by atoms with Gasteiger partial charge >= 0.3 is 15.2 Å². The minimum absolute atomic E-state index is 0.0160. The first-order valence-electron chi connectivity index (χ1n) is 15.5. The summed E-state index contributed by atoms with van der Waals surface area (Å²) in [5.41, 5.74) is 15.0. The number of hydrogen-bond donors (Lipinski definition) is 4. The van der Waals surface area contributed by atoms with Crippen molar-refractivity contribution >= 4 is 59.4 Å². The third-order valence-corrected chi connectivity index (χ3v) is 10.7. The number of amides is 2. The van der Waals surface area contributed by atoms with Crippen LogP contribution in [-0.2, 0) is 31.3 Å². The molecule has 0 aliphatic carbocycles. The third-order valence-electron chi connectivity index (χ3n) is 7.64. The van der Waals surface area contributed by atoms with Crippen molar-refractivity contribution < 1.29 is 37.6 Å². The molecule has 0 saturated heterocycles. The van der Waals surface area contributed by atoms with Gasteiger partial charge in [-0.3, -0.25) is 28.1 Å². The van der Waals surface area contributed by atoms with Gasteiger partial charge in [0.2, 0.25) is 11.8 Å². The quantitative estimate of drug-likeness (QED) is 0.133. The van der Waals surface area contributed by atoms with Crippen molar-refractivity contribution in [1.29, 1.82) is 0 Å². The third kappa shape index (κ3) is 8.43. The van der Waals surface area contributed by atoms with Crippen molar-refractivity contribution in [3.8, 4) is 0 Å². The van der Waals surface area contributed by atoms with Gasteiger partial charge in [0.15, 0.2) is 0 Å². The molecule has 0 aliphatic heterocycles. The van der Waals surface area contributed by atoms with Crippen LogP contribution >= 0.6 is 15.2 Å². The lowest BCUT2D eigenvalue weighted by Gasteiger charge is -2.17. The Kier molecular flexibility index (Phi) is 11.1. The standard InChI is InChI=1S/C19H22N3O4P.C15H14N3O4P/c1-3-25-27(24,26-4-2)17-8-5-14(6-9-17)13-22-18-10-7-15(19(20)23)11-16(18)12-21-22;16-15(19)11-3-6-14-12(7-11)8-17-18(14)9-10-1-4-13(5-2-10)23(20,21)22/h5-12H,3-4,13H2,1-2H3,(H2,20,23);1-8H,9H2,(H2,16,19)(H2,20,21,22). The van der Waals surface area contributed by atoms with Gasteiger partial charge in [0, 0.05) is 21.9 Å². The van der Waals surface area contributed by atoms with Crippen LogP contribution < -0.4 is 22.1 Å². The molecule has 0 fully saturated rings. The first-order chi connectivity index (χ1) is 23.8. The zero-order valence-corrected chi connectivity index (χ0v) is 29.0. The van der Waals surface area contributed by atoms with E-state index in [0.29, 0.717) is 42.7 Å². The lowest BCUT2D eigenvalue weighted by Crippen LogP contribution is -2.11. The summed E-state index contributed by atoms with van der Waals surface area (Å²) in [7, 11) is -7.51. The van der Waals surface area contributed by atoms with Gasteiger partial charge in [-0.2, -0.15) is 10.2 Å². The van der Waals surface area contributed by atoms with Crippen molar-refractivity contribution in [2.75, 3.05) is 13.2 Å². The van der Waals surface area contributed by atoms with E-state index in [1.54, 1.807) is 85.5 Å². The zero-order chi connectivity index (χ0) is 36.1. The molecule has 2 heterocycles. The monoisotopic (exact) mass is 718 g/mol. The molecule has 0 radical (unpaired) electrons. The molecule has 4 aromatic carbocycles. The minimum atomic E-state index is -4.23. The van der Waals surface area contributed by atoms with E-state index in [0.717, 1.165) is 32.9 Å². The Bertz CT molecular complexity index is 2230. The molecule has 0 bridgehead atoms. The Morgan fingerprint density at radius 2 is 1.06 bits per heavy atom. The van der Waals surface area contributed by atoms with E-state index in [1.807, 2.05) is 22.9 Å². The molecule has 0 spiro atoms. The predicted octanol–water partition coefficient (Wildman–Crippen LogP) is 4.06. The summed E-state index contributed by atoms with van der Waals surface area (Å²) in [5.74, 6) is -0.957. The predicted molar refractivity (Wildman–Crippen MR) is 190 cm³/mol. The maximum atomic E-state index is 12.8. The lowest BCUT2D eigenvalue weighted by atomic mass is 10.1. The van der Waals surface area contributed by atoms with Crippen LogP contribution in [0.5, 0.6) is 0 Å². The van der Waals surface area contributed by atoms with Crippen LogP contribution in [0.15, 0.2) is 97.3 Å². The Hall–Kier alpha value is -4.94. The summed E-state index contributed by atoms with van der Waals surface area (Å²) in [6.45, 7) is 5.17. The van der Waals surface area contributed by atoms with Gasteiger partial charge in [0.1, 0.15) is 0 Å². The summed E-state index contributed by atoms with van der Waals surface area (Å²) < 4.78 is 38.3. The summed E-state index contributed by atoms with van der Waals surface area (Å²) in [5, 5.41) is 10.8. The van der Waals surface area contributed by atoms with Gasteiger partial charge in [-0.05, 0) is 85.6 Å². The highest BCUT2D eigenvalue weighted by Gasteiger charge is 2.26. The maximum Gasteiger partial charge on any atom is 0.361 e. The SMILES string of the molecule is CCOP(=O)(OCC)c1ccc(Cn2ncc3cc(C(N)=O)ccc32)cc1.NC(=O)c1ccc2c(cnn2Cc2ccc(P(=O)(O)O)cc2)c1. The Morgan fingerprint density at radius 1 is 0.660 bits per heavy atom. The number of hydrogen-bond acceptors (Lipinski definition) is 8. The normalized spacial score (nSPS) is 11.8. The van der Waals surface area contributed by atoms with E-state index < -0.39 is 27.0 Å². The van der Waals surface area contributed by atoms with Crippen molar-refractivity contribution in [2.45, 2.75) is 26.9 Å². The Balaban J connectivity index is 0.000000197. The van der Waals surface area contributed by atoms with Crippen LogP contribution in [0.4, 0.5) is 0 Å². The zero-order valence-electron chi connectivity index (χ0n) is 27.2. The van der Waals surface area contributed by atoms with Crippen molar-refractivity contribution in [1.82, 2.24) is 19.6 Å². The van der Waals surface area contributed by atoms with E-state index in [1.165, 1.54) is 12.1 Å². The molecule has 6 rings (SSSR count). The molecule has 50 heavy (non-hydrogen) atoms. The molecule has 0 aliphatic rings.